The SMILES string of the molecule is COc1cccc2c(-c3ccccc3)c3c(cc12)C(=O)N(Cc1ccccn1)C3=O.ClC(Cl)Cl. The first-order valence-corrected chi connectivity index (χ1v) is 11.6. The number of aromatic nitrogens is 1. The standard InChI is InChI=1S/C25H18N2O3.CHCl3/c1-30-21-12-7-11-18-19(21)14-20-23(22(18)16-8-3-2-4-9-16)25(29)27(24(20)28)15-17-10-5-6-13-26-17;2-1(3)4/h2-14H,15H2,1H3;1H. The lowest BCUT2D eigenvalue weighted by Gasteiger charge is -2.14. The number of halogens is 3. The van der Waals surface area contributed by atoms with Gasteiger partial charge in [-0.25, -0.2) is 0 Å². The van der Waals surface area contributed by atoms with Crippen molar-refractivity contribution in [2.45, 2.75) is 10.8 Å². The second-order valence-electron chi connectivity index (χ2n) is 7.36. The molecular formula is C26H19Cl3N2O3. The molecular weight excluding hydrogens is 495 g/mol. The molecule has 4 aromatic rings. The molecule has 2 amide bonds. The van der Waals surface area contributed by atoms with Gasteiger partial charge in [-0.3, -0.25) is 19.5 Å². The summed E-state index contributed by atoms with van der Waals surface area (Å²) in [6, 6.07) is 22.6. The van der Waals surface area contributed by atoms with E-state index in [0.29, 0.717) is 22.6 Å². The number of pyridine rings is 1. The van der Waals surface area contributed by atoms with Crippen molar-refractivity contribution < 1.29 is 14.3 Å². The van der Waals surface area contributed by atoms with Gasteiger partial charge in [0.15, 0.2) is 4.30 Å². The average molecular weight is 514 g/mol. The van der Waals surface area contributed by atoms with E-state index in [0.717, 1.165) is 21.9 Å². The number of fused-ring (bicyclic) bond motifs is 2. The van der Waals surface area contributed by atoms with Crippen LogP contribution >= 0.6 is 34.8 Å². The van der Waals surface area contributed by atoms with Gasteiger partial charge >= 0.3 is 0 Å². The Morgan fingerprint density at radius 2 is 1.56 bits per heavy atom. The van der Waals surface area contributed by atoms with E-state index in [9.17, 15) is 9.59 Å². The van der Waals surface area contributed by atoms with E-state index in [2.05, 4.69) is 4.98 Å². The Morgan fingerprint density at radius 3 is 2.21 bits per heavy atom. The van der Waals surface area contributed by atoms with Gasteiger partial charge in [0.05, 0.1) is 30.5 Å². The fourth-order valence-corrected chi connectivity index (χ4v) is 4.04. The van der Waals surface area contributed by atoms with Crippen molar-refractivity contribution in [3.05, 3.63) is 95.8 Å². The average Bonchev–Trinajstić information content (AvgIpc) is 3.07. The van der Waals surface area contributed by atoms with Crippen molar-refractivity contribution in [1.29, 1.82) is 0 Å². The largest absolute Gasteiger partial charge is 0.496 e. The van der Waals surface area contributed by atoms with Crippen LogP contribution in [0.2, 0.25) is 0 Å². The Balaban J connectivity index is 0.000000636. The number of amides is 2. The summed E-state index contributed by atoms with van der Waals surface area (Å²) in [7, 11) is 1.60. The Bertz CT molecular complexity index is 1340. The van der Waals surface area contributed by atoms with Gasteiger partial charge in [0, 0.05) is 17.1 Å². The van der Waals surface area contributed by atoms with Crippen molar-refractivity contribution in [2.75, 3.05) is 7.11 Å². The van der Waals surface area contributed by atoms with Crippen LogP contribution in [0.3, 0.4) is 0 Å². The summed E-state index contributed by atoms with van der Waals surface area (Å²) in [6.07, 6.45) is 1.65. The molecule has 0 spiro atoms. The molecule has 0 bridgehead atoms. The van der Waals surface area contributed by atoms with Gasteiger partial charge in [0.25, 0.3) is 11.8 Å². The van der Waals surface area contributed by atoms with Gasteiger partial charge in [-0.2, -0.15) is 0 Å². The topological polar surface area (TPSA) is 59.5 Å². The highest BCUT2D eigenvalue weighted by molar-refractivity contribution is 6.63. The molecule has 0 N–H and O–H groups in total. The Morgan fingerprint density at radius 1 is 0.853 bits per heavy atom. The summed E-state index contributed by atoms with van der Waals surface area (Å²) in [4.78, 5) is 32.3. The molecule has 0 saturated heterocycles. The van der Waals surface area contributed by atoms with Crippen LogP contribution in [-0.2, 0) is 6.54 Å². The van der Waals surface area contributed by atoms with Crippen LogP contribution in [0.5, 0.6) is 5.75 Å². The van der Waals surface area contributed by atoms with E-state index >= 15 is 0 Å². The van der Waals surface area contributed by atoms with E-state index < -0.39 is 4.30 Å². The first-order valence-electron chi connectivity index (χ1n) is 10.3. The molecule has 2 heterocycles. The molecule has 0 saturated carbocycles. The minimum atomic E-state index is -0.750. The van der Waals surface area contributed by atoms with Crippen LogP contribution < -0.4 is 4.74 Å². The number of hydrogen-bond acceptors (Lipinski definition) is 4. The highest BCUT2D eigenvalue weighted by Crippen LogP contribution is 2.41. The fraction of sp³-hybridized carbons (Fsp3) is 0.115. The Kier molecular flexibility index (Phi) is 7.37. The fourth-order valence-electron chi connectivity index (χ4n) is 4.04. The third-order valence-corrected chi connectivity index (χ3v) is 5.41. The number of carbonyl (C=O) groups excluding carboxylic acids is 2. The van der Waals surface area contributed by atoms with Crippen molar-refractivity contribution >= 4 is 57.4 Å². The number of benzene rings is 3. The van der Waals surface area contributed by atoms with E-state index in [1.165, 1.54) is 4.90 Å². The lowest BCUT2D eigenvalue weighted by atomic mass is 9.90. The molecule has 3 aromatic carbocycles. The Hall–Kier alpha value is -3.12. The molecule has 1 aromatic heterocycles. The number of rotatable bonds is 4. The monoisotopic (exact) mass is 512 g/mol. The van der Waals surface area contributed by atoms with E-state index in [4.69, 9.17) is 39.5 Å². The molecule has 34 heavy (non-hydrogen) atoms. The second kappa shape index (κ2) is 10.4. The van der Waals surface area contributed by atoms with Crippen LogP contribution in [0.4, 0.5) is 0 Å². The lowest BCUT2D eigenvalue weighted by Crippen LogP contribution is -2.29. The molecule has 1 aliphatic rings. The zero-order valence-electron chi connectivity index (χ0n) is 18.0. The predicted octanol–water partition coefficient (Wildman–Crippen LogP) is 6.69. The summed E-state index contributed by atoms with van der Waals surface area (Å²) in [5.41, 5.74) is 3.13. The van der Waals surface area contributed by atoms with Gasteiger partial charge in [0.2, 0.25) is 0 Å². The molecule has 0 fully saturated rings. The quantitative estimate of drug-likeness (QED) is 0.225. The zero-order chi connectivity index (χ0) is 24.2. The molecule has 5 nitrogen and oxygen atoms in total. The smallest absolute Gasteiger partial charge is 0.262 e. The number of alkyl halides is 3. The van der Waals surface area contributed by atoms with Crippen molar-refractivity contribution in [1.82, 2.24) is 9.88 Å². The van der Waals surface area contributed by atoms with E-state index in [1.54, 1.807) is 31.5 Å². The maximum absolute atomic E-state index is 13.4. The van der Waals surface area contributed by atoms with Gasteiger partial charge in [-0.05, 0) is 35.2 Å². The van der Waals surface area contributed by atoms with Crippen LogP contribution in [0.1, 0.15) is 26.4 Å². The van der Waals surface area contributed by atoms with Gasteiger partial charge in [-0.1, -0.05) is 83.3 Å². The minimum absolute atomic E-state index is 0.134. The van der Waals surface area contributed by atoms with E-state index in [1.807, 2.05) is 54.6 Å². The zero-order valence-corrected chi connectivity index (χ0v) is 20.3. The summed E-state index contributed by atoms with van der Waals surface area (Å²) < 4.78 is 4.79. The van der Waals surface area contributed by atoms with Crippen LogP contribution in [0.25, 0.3) is 21.9 Å². The Labute approximate surface area is 211 Å². The summed E-state index contributed by atoms with van der Waals surface area (Å²) in [6.45, 7) is 0.134. The number of ether oxygens (including phenoxy) is 1. The highest BCUT2D eigenvalue weighted by atomic mass is 35.6. The molecule has 172 valence electrons. The first kappa shape index (κ1) is 24.0. The molecule has 5 rings (SSSR count). The molecule has 0 atom stereocenters. The van der Waals surface area contributed by atoms with Gasteiger partial charge in [0.1, 0.15) is 5.75 Å². The first-order chi connectivity index (χ1) is 16.4. The predicted molar refractivity (Wildman–Crippen MR) is 136 cm³/mol. The van der Waals surface area contributed by atoms with Gasteiger partial charge in [-0.15, -0.1) is 0 Å². The number of hydrogen-bond donors (Lipinski definition) is 0. The van der Waals surface area contributed by atoms with Crippen LogP contribution in [0, 0.1) is 0 Å². The number of methoxy groups -OCH3 is 1. The number of imide groups is 1. The summed E-state index contributed by atoms with van der Waals surface area (Å²) in [5.74, 6) is 0.0470. The highest BCUT2D eigenvalue weighted by Gasteiger charge is 2.39. The second-order valence-corrected chi connectivity index (χ2v) is 9.34. The lowest BCUT2D eigenvalue weighted by molar-refractivity contribution is 0.0640. The van der Waals surface area contributed by atoms with Crippen molar-refractivity contribution in [3.8, 4) is 16.9 Å². The maximum Gasteiger partial charge on any atom is 0.262 e. The third kappa shape index (κ3) is 4.73. The van der Waals surface area contributed by atoms with Crippen molar-refractivity contribution in [2.24, 2.45) is 0 Å². The molecule has 0 unspecified atom stereocenters. The number of carbonyl (C=O) groups is 2. The van der Waals surface area contributed by atoms with Gasteiger partial charge < -0.3 is 4.74 Å². The van der Waals surface area contributed by atoms with Crippen LogP contribution in [-0.4, -0.2) is 33.1 Å². The molecule has 0 aliphatic carbocycles. The summed E-state index contributed by atoms with van der Waals surface area (Å²) in [5, 5.41) is 1.68. The third-order valence-electron chi connectivity index (χ3n) is 5.41. The normalized spacial score (nSPS) is 12.6. The summed E-state index contributed by atoms with van der Waals surface area (Å²) >= 11 is 14.4. The molecule has 8 heteroatoms. The molecule has 1 aliphatic heterocycles. The van der Waals surface area contributed by atoms with Crippen LogP contribution in [0.15, 0.2) is 79.0 Å². The minimum Gasteiger partial charge on any atom is -0.496 e. The maximum atomic E-state index is 13.4. The molecule has 0 radical (unpaired) electrons. The van der Waals surface area contributed by atoms with E-state index in [-0.39, 0.29) is 18.4 Å². The number of nitrogens with zero attached hydrogens (tertiary/aromatic N) is 2. The van der Waals surface area contributed by atoms with Crippen molar-refractivity contribution in [3.63, 3.8) is 0 Å².